The van der Waals surface area contributed by atoms with Crippen molar-refractivity contribution in [3.05, 3.63) is 12.5 Å². The lowest BCUT2D eigenvalue weighted by Gasteiger charge is -2.19. The number of imidazole rings is 1. The quantitative estimate of drug-likeness (QED) is 0.568. The van der Waals surface area contributed by atoms with Crippen LogP contribution in [0.2, 0.25) is 0 Å². The van der Waals surface area contributed by atoms with E-state index in [0.717, 1.165) is 6.42 Å². The summed E-state index contributed by atoms with van der Waals surface area (Å²) in [5.74, 6) is -1.21. The summed E-state index contributed by atoms with van der Waals surface area (Å²) < 4.78 is 6.99. The first-order valence-corrected chi connectivity index (χ1v) is 8.42. The minimum atomic E-state index is -1.09. The fraction of sp³-hybridized carbons (Fsp3) is 0.562. The molecule has 1 saturated carbocycles. The van der Waals surface area contributed by atoms with E-state index < -0.39 is 11.5 Å². The zero-order valence-corrected chi connectivity index (χ0v) is 14.5. The van der Waals surface area contributed by atoms with Gasteiger partial charge in [0.15, 0.2) is 5.65 Å². The van der Waals surface area contributed by atoms with Gasteiger partial charge in [-0.3, -0.25) is 9.59 Å². The molecular formula is C16H22N6O4. The van der Waals surface area contributed by atoms with Crippen LogP contribution in [0.25, 0.3) is 11.2 Å². The molecule has 0 bridgehead atoms. The summed E-state index contributed by atoms with van der Waals surface area (Å²) in [5, 5.41) is 9.11. The van der Waals surface area contributed by atoms with Gasteiger partial charge in [-0.2, -0.15) is 4.98 Å². The van der Waals surface area contributed by atoms with Gasteiger partial charge in [-0.1, -0.05) is 6.42 Å². The second-order valence-corrected chi connectivity index (χ2v) is 6.72. The first kappa shape index (κ1) is 18.1. The number of carbonyl (C=O) groups is 2. The van der Waals surface area contributed by atoms with Crippen molar-refractivity contribution in [2.24, 2.45) is 11.7 Å². The van der Waals surface area contributed by atoms with Crippen LogP contribution in [0.15, 0.2) is 12.5 Å². The molecule has 140 valence electrons. The molecule has 10 heteroatoms. The number of nitrogen functional groups attached to an aromatic ring is 1. The molecule has 0 aliphatic heterocycles. The van der Waals surface area contributed by atoms with E-state index in [2.05, 4.69) is 15.0 Å². The predicted octanol–water partition coefficient (Wildman–Crippen LogP) is 0.485. The Bertz CT molecular complexity index is 837. The monoisotopic (exact) mass is 362 g/mol. The highest BCUT2D eigenvalue weighted by atomic mass is 16.5. The molecule has 0 aromatic carbocycles. The molecule has 0 radical (unpaired) electrons. The third kappa shape index (κ3) is 3.59. The van der Waals surface area contributed by atoms with E-state index in [1.165, 1.54) is 13.1 Å². The van der Waals surface area contributed by atoms with E-state index in [4.69, 9.17) is 21.3 Å². The summed E-state index contributed by atoms with van der Waals surface area (Å²) in [7, 11) is 0. The number of fused-ring (bicyclic) bond motifs is 1. The van der Waals surface area contributed by atoms with Crippen molar-refractivity contribution in [3.63, 3.8) is 0 Å². The van der Waals surface area contributed by atoms with Crippen LogP contribution in [0.1, 0.15) is 38.6 Å². The first-order chi connectivity index (χ1) is 12.3. The van der Waals surface area contributed by atoms with Gasteiger partial charge in [-0.05, 0) is 25.2 Å². The molecule has 3 rings (SSSR count). The van der Waals surface area contributed by atoms with Crippen molar-refractivity contribution < 1.29 is 19.4 Å². The van der Waals surface area contributed by atoms with Crippen molar-refractivity contribution >= 4 is 29.1 Å². The SMILES string of the molecule is CC(=O)OCC(CCCC1CC1(N)C(=O)O)n1cnc2cnc(N)nc21. The van der Waals surface area contributed by atoms with Crippen LogP contribution in [-0.2, 0) is 14.3 Å². The number of esters is 1. The smallest absolute Gasteiger partial charge is 0.323 e. The number of hydrogen-bond donors (Lipinski definition) is 3. The summed E-state index contributed by atoms with van der Waals surface area (Å²) in [6.07, 6.45) is 5.75. The zero-order chi connectivity index (χ0) is 18.9. The number of carboxylic acid groups (broad SMARTS) is 1. The number of nitrogens with zero attached hydrogens (tertiary/aromatic N) is 4. The highest BCUT2D eigenvalue weighted by Crippen LogP contribution is 2.45. The molecule has 2 aromatic rings. The highest BCUT2D eigenvalue weighted by Gasteiger charge is 2.56. The van der Waals surface area contributed by atoms with Crippen LogP contribution in [0.5, 0.6) is 0 Å². The van der Waals surface area contributed by atoms with Gasteiger partial charge in [-0.15, -0.1) is 0 Å². The van der Waals surface area contributed by atoms with Crippen LogP contribution in [0.4, 0.5) is 5.95 Å². The minimum Gasteiger partial charge on any atom is -0.480 e. The average molecular weight is 362 g/mol. The lowest BCUT2D eigenvalue weighted by atomic mass is 10.1. The number of aliphatic carboxylic acids is 1. The van der Waals surface area contributed by atoms with E-state index in [0.29, 0.717) is 30.4 Å². The fourth-order valence-electron chi connectivity index (χ4n) is 3.19. The van der Waals surface area contributed by atoms with Gasteiger partial charge < -0.3 is 25.9 Å². The topological polar surface area (TPSA) is 159 Å². The standard InChI is InChI=1S/C16H22N6O4/c1-9(23)26-7-11(4-2-3-10-5-16(10,18)14(24)25)22-8-20-12-6-19-15(17)21-13(12)22/h6,8,10-11H,2-5,7,18H2,1H3,(H,24,25)(H2,17,19,21). The van der Waals surface area contributed by atoms with Gasteiger partial charge in [0.05, 0.1) is 18.6 Å². The highest BCUT2D eigenvalue weighted by molar-refractivity contribution is 5.82. The number of hydrogen-bond acceptors (Lipinski definition) is 8. The van der Waals surface area contributed by atoms with Crippen LogP contribution in [0, 0.1) is 5.92 Å². The Morgan fingerprint density at radius 2 is 2.27 bits per heavy atom. The summed E-state index contributed by atoms with van der Waals surface area (Å²) in [6.45, 7) is 1.52. The second-order valence-electron chi connectivity index (χ2n) is 6.72. The van der Waals surface area contributed by atoms with Gasteiger partial charge in [0.1, 0.15) is 17.7 Å². The molecule has 2 heterocycles. The zero-order valence-electron chi connectivity index (χ0n) is 14.5. The third-order valence-electron chi connectivity index (χ3n) is 4.85. The molecule has 2 aromatic heterocycles. The summed E-state index contributed by atoms with van der Waals surface area (Å²) in [4.78, 5) is 34.7. The molecule has 0 spiro atoms. The molecule has 3 unspecified atom stereocenters. The third-order valence-corrected chi connectivity index (χ3v) is 4.85. The number of ether oxygens (including phenoxy) is 1. The van der Waals surface area contributed by atoms with Gasteiger partial charge >= 0.3 is 11.9 Å². The Morgan fingerprint density at radius 3 is 2.92 bits per heavy atom. The second kappa shape index (κ2) is 6.87. The Labute approximate surface area is 149 Å². The van der Waals surface area contributed by atoms with Crippen LogP contribution < -0.4 is 11.5 Å². The van der Waals surface area contributed by atoms with Gasteiger partial charge in [0.25, 0.3) is 0 Å². The molecule has 1 fully saturated rings. The molecule has 3 atom stereocenters. The van der Waals surface area contributed by atoms with Gasteiger partial charge in [-0.25, -0.2) is 9.97 Å². The predicted molar refractivity (Wildman–Crippen MR) is 91.9 cm³/mol. The largest absolute Gasteiger partial charge is 0.480 e. The van der Waals surface area contributed by atoms with Crippen LogP contribution in [-0.4, -0.2) is 48.7 Å². The molecule has 10 nitrogen and oxygen atoms in total. The summed E-state index contributed by atoms with van der Waals surface area (Å²) in [6, 6.07) is -0.186. The molecular weight excluding hydrogens is 340 g/mol. The van der Waals surface area contributed by atoms with E-state index in [-0.39, 0.29) is 30.5 Å². The van der Waals surface area contributed by atoms with Gasteiger partial charge in [0, 0.05) is 6.92 Å². The Hall–Kier alpha value is -2.75. The molecule has 5 N–H and O–H groups in total. The van der Waals surface area contributed by atoms with E-state index in [1.807, 2.05) is 4.57 Å². The number of nitrogens with two attached hydrogens (primary N) is 2. The van der Waals surface area contributed by atoms with Crippen molar-refractivity contribution in [1.29, 1.82) is 0 Å². The van der Waals surface area contributed by atoms with Crippen molar-refractivity contribution in [2.75, 3.05) is 12.3 Å². The van der Waals surface area contributed by atoms with Crippen LogP contribution in [0.3, 0.4) is 0 Å². The van der Waals surface area contributed by atoms with Crippen molar-refractivity contribution in [2.45, 2.75) is 44.2 Å². The maximum atomic E-state index is 11.2. The molecule has 1 aliphatic carbocycles. The Balaban J connectivity index is 1.70. The van der Waals surface area contributed by atoms with E-state index in [9.17, 15) is 9.59 Å². The Morgan fingerprint density at radius 1 is 1.50 bits per heavy atom. The lowest BCUT2D eigenvalue weighted by Crippen LogP contribution is -2.35. The fourth-order valence-corrected chi connectivity index (χ4v) is 3.19. The van der Waals surface area contributed by atoms with E-state index >= 15 is 0 Å². The number of aromatic nitrogens is 4. The van der Waals surface area contributed by atoms with Crippen LogP contribution >= 0.6 is 0 Å². The minimum absolute atomic E-state index is 0.0214. The number of carboxylic acids is 1. The molecule has 0 amide bonds. The molecule has 0 saturated heterocycles. The maximum absolute atomic E-state index is 11.2. The number of rotatable bonds is 8. The lowest BCUT2D eigenvalue weighted by molar-refractivity contribution is -0.142. The van der Waals surface area contributed by atoms with Crippen molar-refractivity contribution in [3.8, 4) is 0 Å². The van der Waals surface area contributed by atoms with E-state index in [1.54, 1.807) is 6.33 Å². The van der Waals surface area contributed by atoms with Gasteiger partial charge in [0.2, 0.25) is 5.95 Å². The first-order valence-electron chi connectivity index (χ1n) is 8.42. The summed E-state index contributed by atoms with van der Waals surface area (Å²) >= 11 is 0. The summed E-state index contributed by atoms with van der Waals surface area (Å²) in [5.41, 5.74) is 11.6. The maximum Gasteiger partial charge on any atom is 0.323 e. The van der Waals surface area contributed by atoms with Crippen molar-refractivity contribution in [1.82, 2.24) is 19.5 Å². The molecule has 1 aliphatic rings. The number of anilines is 1. The Kier molecular flexibility index (Phi) is 4.77. The normalized spacial score (nSPS) is 22.9. The number of carbonyl (C=O) groups excluding carboxylic acids is 1. The molecule has 26 heavy (non-hydrogen) atoms. The average Bonchev–Trinajstić information content (AvgIpc) is 3.07.